The Bertz CT molecular complexity index is 745. The van der Waals surface area contributed by atoms with Crippen molar-refractivity contribution in [3.05, 3.63) is 46.7 Å². The largest absolute Gasteiger partial charge is 0.497 e. The quantitative estimate of drug-likeness (QED) is 0.781. The van der Waals surface area contributed by atoms with Gasteiger partial charge in [0.05, 0.1) is 12.8 Å². The van der Waals surface area contributed by atoms with Crippen LogP contribution in [0.4, 0.5) is 5.69 Å². The van der Waals surface area contributed by atoms with E-state index in [1.54, 1.807) is 35.1 Å². The van der Waals surface area contributed by atoms with Gasteiger partial charge in [-0.3, -0.25) is 9.69 Å². The van der Waals surface area contributed by atoms with Crippen LogP contribution >= 0.6 is 35.3 Å². The number of fused-ring (bicyclic) bond motifs is 1. The summed E-state index contributed by atoms with van der Waals surface area (Å²) in [6.45, 7) is 0. The molecule has 0 N–H and O–H groups in total. The zero-order valence-electron chi connectivity index (χ0n) is 12.3. The van der Waals surface area contributed by atoms with Crippen LogP contribution in [0.1, 0.15) is 10.3 Å². The maximum Gasteiger partial charge on any atom is 0.257 e. The van der Waals surface area contributed by atoms with Gasteiger partial charge in [0.25, 0.3) is 5.91 Å². The molecule has 0 aliphatic carbocycles. The van der Waals surface area contributed by atoms with E-state index in [0.29, 0.717) is 5.11 Å². The van der Waals surface area contributed by atoms with Crippen molar-refractivity contribution in [1.82, 2.24) is 4.90 Å². The van der Waals surface area contributed by atoms with Crippen molar-refractivity contribution in [2.75, 3.05) is 17.8 Å². The number of thiophene rings is 1. The number of thioether (sulfide) groups is 1. The van der Waals surface area contributed by atoms with Gasteiger partial charge in [0.1, 0.15) is 17.2 Å². The number of nitrogens with zero attached hydrogens (tertiary/aromatic N) is 2. The summed E-state index contributed by atoms with van der Waals surface area (Å²) in [7, 11) is 1.62. The molecular weight excluding hydrogens is 348 g/mol. The molecule has 2 aliphatic rings. The first-order valence-electron chi connectivity index (χ1n) is 7.16. The van der Waals surface area contributed by atoms with Crippen LogP contribution in [-0.2, 0) is 4.79 Å². The number of hydrogen-bond donors (Lipinski definition) is 0. The highest BCUT2D eigenvalue weighted by molar-refractivity contribution is 8.00. The van der Waals surface area contributed by atoms with Gasteiger partial charge in [-0.15, -0.1) is 23.1 Å². The third-order valence-corrected chi connectivity index (χ3v) is 6.81. The van der Waals surface area contributed by atoms with Crippen molar-refractivity contribution in [3.63, 3.8) is 0 Å². The van der Waals surface area contributed by atoms with Gasteiger partial charge in [-0.25, -0.2) is 0 Å². The molecule has 7 heteroatoms. The zero-order chi connectivity index (χ0) is 16.0. The molecule has 2 atom stereocenters. The molecule has 23 heavy (non-hydrogen) atoms. The monoisotopic (exact) mass is 362 g/mol. The number of ether oxygens (including phenoxy) is 1. The Labute approximate surface area is 148 Å². The third-order valence-electron chi connectivity index (χ3n) is 4.04. The Morgan fingerprint density at radius 3 is 2.70 bits per heavy atom. The Morgan fingerprint density at radius 2 is 2.04 bits per heavy atom. The van der Waals surface area contributed by atoms with E-state index in [1.807, 2.05) is 30.3 Å². The summed E-state index contributed by atoms with van der Waals surface area (Å²) in [4.78, 5) is 17.8. The molecule has 1 amide bonds. The minimum Gasteiger partial charge on any atom is -0.497 e. The maximum absolute atomic E-state index is 12.8. The van der Waals surface area contributed by atoms with E-state index in [9.17, 15) is 4.79 Å². The molecule has 0 radical (unpaired) electrons. The molecule has 2 saturated heterocycles. The van der Waals surface area contributed by atoms with Gasteiger partial charge in [0.2, 0.25) is 0 Å². The van der Waals surface area contributed by atoms with Crippen molar-refractivity contribution in [3.8, 4) is 5.75 Å². The van der Waals surface area contributed by atoms with Gasteiger partial charge in [-0.05, 0) is 47.9 Å². The Kier molecular flexibility index (Phi) is 3.79. The predicted octanol–water partition coefficient (Wildman–Crippen LogP) is 3.50. The van der Waals surface area contributed by atoms with Gasteiger partial charge in [-0.1, -0.05) is 6.07 Å². The van der Waals surface area contributed by atoms with Crippen LogP contribution in [0.5, 0.6) is 5.75 Å². The van der Waals surface area contributed by atoms with E-state index in [2.05, 4.69) is 16.3 Å². The first kappa shape index (κ1) is 15.0. The summed E-state index contributed by atoms with van der Waals surface area (Å²) in [5, 5.41) is 2.79. The van der Waals surface area contributed by atoms with Crippen LogP contribution in [0.2, 0.25) is 0 Å². The van der Waals surface area contributed by atoms with Crippen molar-refractivity contribution < 1.29 is 9.53 Å². The van der Waals surface area contributed by atoms with Crippen molar-refractivity contribution >= 4 is 52.0 Å². The van der Waals surface area contributed by atoms with Crippen LogP contribution in [-0.4, -0.2) is 34.8 Å². The number of benzene rings is 1. The molecule has 4 rings (SSSR count). The number of carbonyl (C=O) groups is 1. The summed E-state index contributed by atoms with van der Waals surface area (Å²) >= 11 is 9.13. The van der Waals surface area contributed by atoms with E-state index in [4.69, 9.17) is 17.0 Å². The molecule has 2 aliphatic heterocycles. The second-order valence-corrected chi connectivity index (χ2v) is 7.74. The van der Waals surface area contributed by atoms with E-state index in [1.165, 1.54) is 4.88 Å². The predicted molar refractivity (Wildman–Crippen MR) is 98.2 cm³/mol. The third kappa shape index (κ3) is 2.34. The average Bonchev–Trinajstić information content (AvgIpc) is 3.28. The number of carbonyl (C=O) groups excluding carboxylic acids is 1. The van der Waals surface area contributed by atoms with Gasteiger partial charge < -0.3 is 9.64 Å². The number of rotatable bonds is 3. The molecule has 4 nitrogen and oxygen atoms in total. The minimum absolute atomic E-state index is 0.0618. The van der Waals surface area contributed by atoms with E-state index < -0.39 is 0 Å². The van der Waals surface area contributed by atoms with E-state index in [0.717, 1.165) is 17.2 Å². The molecular formula is C16H14N2O2S3. The molecule has 2 aromatic rings. The first-order valence-corrected chi connectivity index (χ1v) is 9.49. The highest BCUT2D eigenvalue weighted by Gasteiger charge is 2.51. The topological polar surface area (TPSA) is 32.8 Å². The Balaban J connectivity index is 1.66. The van der Waals surface area contributed by atoms with Crippen molar-refractivity contribution in [2.45, 2.75) is 11.4 Å². The zero-order valence-corrected chi connectivity index (χ0v) is 14.8. The summed E-state index contributed by atoms with van der Waals surface area (Å²) < 4.78 is 5.18. The Morgan fingerprint density at radius 1 is 1.26 bits per heavy atom. The molecule has 0 bridgehead atoms. The highest BCUT2D eigenvalue weighted by Crippen LogP contribution is 2.47. The SMILES string of the molecule is COc1ccc(N2C(=O)[C@@H]3CS[C@H](c4cccs4)N3C2=S)cc1. The van der Waals surface area contributed by atoms with Crippen LogP contribution in [0, 0.1) is 0 Å². The van der Waals surface area contributed by atoms with E-state index >= 15 is 0 Å². The molecule has 3 heterocycles. The molecule has 0 unspecified atom stereocenters. The fourth-order valence-electron chi connectivity index (χ4n) is 2.91. The molecule has 118 valence electrons. The normalized spacial score (nSPS) is 23.5. The van der Waals surface area contributed by atoms with Gasteiger partial charge in [-0.2, -0.15) is 0 Å². The lowest BCUT2D eigenvalue weighted by molar-refractivity contribution is -0.119. The summed E-state index contributed by atoms with van der Waals surface area (Å²) in [6.07, 6.45) is 0. The fourth-order valence-corrected chi connectivity index (χ4v) is 5.79. The lowest BCUT2D eigenvalue weighted by atomic mass is 10.2. The lowest BCUT2D eigenvalue weighted by Crippen LogP contribution is -2.33. The first-order chi connectivity index (χ1) is 11.2. The molecule has 2 fully saturated rings. The Hall–Kier alpha value is -1.57. The number of thiocarbonyl (C=S) groups is 1. The maximum atomic E-state index is 12.8. The molecule has 0 spiro atoms. The fraction of sp³-hybridized carbons (Fsp3) is 0.250. The molecule has 1 aromatic heterocycles. The standard InChI is InChI=1S/C16H14N2O2S3/c1-20-11-6-4-10(5-7-11)17-14(19)12-9-23-15(18(12)16(17)21)13-3-2-8-22-13/h2-8,12,15H,9H2,1H3/t12-,15+/m0/s1. The van der Waals surface area contributed by atoms with Crippen LogP contribution < -0.4 is 9.64 Å². The highest BCUT2D eigenvalue weighted by atomic mass is 32.2. The van der Waals surface area contributed by atoms with Crippen molar-refractivity contribution in [1.29, 1.82) is 0 Å². The van der Waals surface area contributed by atoms with Crippen LogP contribution in [0.25, 0.3) is 0 Å². The summed E-state index contributed by atoms with van der Waals surface area (Å²) in [5.41, 5.74) is 0.796. The molecule has 1 aromatic carbocycles. The number of amides is 1. The summed E-state index contributed by atoms with van der Waals surface area (Å²) in [5.74, 6) is 1.60. The molecule has 0 saturated carbocycles. The van der Waals surface area contributed by atoms with Gasteiger partial charge >= 0.3 is 0 Å². The minimum atomic E-state index is -0.165. The average molecular weight is 363 g/mol. The van der Waals surface area contributed by atoms with E-state index in [-0.39, 0.29) is 17.3 Å². The summed E-state index contributed by atoms with van der Waals surface area (Å²) in [6, 6.07) is 11.4. The van der Waals surface area contributed by atoms with Crippen LogP contribution in [0.15, 0.2) is 41.8 Å². The number of anilines is 1. The van der Waals surface area contributed by atoms with Crippen molar-refractivity contribution in [2.24, 2.45) is 0 Å². The van der Waals surface area contributed by atoms with Crippen LogP contribution in [0.3, 0.4) is 0 Å². The smallest absolute Gasteiger partial charge is 0.257 e. The van der Waals surface area contributed by atoms with Gasteiger partial charge in [0.15, 0.2) is 5.11 Å². The number of methoxy groups -OCH3 is 1. The van der Waals surface area contributed by atoms with Gasteiger partial charge in [0, 0.05) is 10.6 Å². The lowest BCUT2D eigenvalue weighted by Gasteiger charge is -2.24. The second-order valence-electron chi connectivity index (χ2n) is 5.28. The second kappa shape index (κ2) is 5.81. The number of hydrogen-bond acceptors (Lipinski definition) is 5.